The number of imide groups is 1. The normalized spacial score (nSPS) is 20.8. The maximum Gasteiger partial charge on any atom is 0.247 e. The standard InChI is InChI=1S/C26H29N3O3S/c1-17(2)14-23(29-25(31)21-7-3-4-8-22(21)26(29)32)24(30)28-19-9-11-20(12-10-19)33-16-18-6-5-13-27-15-18/h3-6,9-13,15,17,21-23H,7-8,14,16H2,1-2H3,(H,28,30). The van der Waals surface area contributed by atoms with Crippen LogP contribution in [0, 0.1) is 17.8 Å². The van der Waals surface area contributed by atoms with Crippen molar-refractivity contribution in [2.24, 2.45) is 17.8 Å². The van der Waals surface area contributed by atoms with E-state index in [0.29, 0.717) is 24.9 Å². The minimum absolute atomic E-state index is 0.161. The Balaban J connectivity index is 1.43. The largest absolute Gasteiger partial charge is 0.324 e. The molecule has 6 nitrogen and oxygen atoms in total. The second-order valence-electron chi connectivity index (χ2n) is 9.01. The molecule has 2 aromatic rings. The van der Waals surface area contributed by atoms with Crippen LogP contribution in [0.4, 0.5) is 5.69 Å². The van der Waals surface area contributed by atoms with Crippen molar-refractivity contribution < 1.29 is 14.4 Å². The van der Waals surface area contributed by atoms with Crippen LogP contribution in [0.1, 0.15) is 38.7 Å². The number of hydrogen-bond donors (Lipinski definition) is 1. The van der Waals surface area contributed by atoms with E-state index in [-0.39, 0.29) is 35.5 Å². The third-order valence-corrected chi connectivity index (χ3v) is 7.18. The van der Waals surface area contributed by atoms with E-state index < -0.39 is 6.04 Å². The summed E-state index contributed by atoms with van der Waals surface area (Å²) in [5.41, 5.74) is 1.80. The summed E-state index contributed by atoms with van der Waals surface area (Å²) in [4.78, 5) is 45.8. The van der Waals surface area contributed by atoms with Gasteiger partial charge in [-0.3, -0.25) is 24.3 Å². The molecule has 3 unspecified atom stereocenters. The molecular formula is C26H29N3O3S. The lowest BCUT2D eigenvalue weighted by Gasteiger charge is -2.27. The molecule has 1 aliphatic carbocycles. The van der Waals surface area contributed by atoms with Crippen LogP contribution in [0.25, 0.3) is 0 Å². The highest BCUT2D eigenvalue weighted by molar-refractivity contribution is 7.98. The van der Waals surface area contributed by atoms with Gasteiger partial charge in [0, 0.05) is 28.7 Å². The van der Waals surface area contributed by atoms with Crippen molar-refractivity contribution >= 4 is 35.2 Å². The average Bonchev–Trinajstić information content (AvgIpc) is 3.07. The number of likely N-dealkylation sites (tertiary alicyclic amines) is 1. The first-order valence-corrected chi connectivity index (χ1v) is 12.4. The van der Waals surface area contributed by atoms with Crippen LogP contribution in [0.3, 0.4) is 0 Å². The first kappa shape index (κ1) is 23.2. The molecule has 4 rings (SSSR count). The summed E-state index contributed by atoms with van der Waals surface area (Å²) in [6, 6.07) is 10.8. The average molecular weight is 464 g/mol. The van der Waals surface area contributed by atoms with Gasteiger partial charge in [0.15, 0.2) is 0 Å². The fourth-order valence-electron chi connectivity index (χ4n) is 4.42. The van der Waals surface area contributed by atoms with E-state index in [9.17, 15) is 14.4 Å². The Morgan fingerprint density at radius 3 is 2.33 bits per heavy atom. The predicted octanol–water partition coefficient (Wildman–Crippen LogP) is 4.68. The SMILES string of the molecule is CC(C)CC(C(=O)Nc1ccc(SCc2cccnc2)cc1)N1C(=O)C2CC=CCC2C1=O. The maximum absolute atomic E-state index is 13.2. The van der Waals surface area contributed by atoms with Gasteiger partial charge in [-0.15, -0.1) is 11.8 Å². The number of fused-ring (bicyclic) bond motifs is 1. The Morgan fingerprint density at radius 1 is 1.09 bits per heavy atom. The van der Waals surface area contributed by atoms with E-state index in [0.717, 1.165) is 16.2 Å². The molecule has 7 heteroatoms. The number of amides is 3. The Labute approximate surface area is 198 Å². The molecule has 1 fully saturated rings. The molecule has 1 N–H and O–H groups in total. The van der Waals surface area contributed by atoms with E-state index >= 15 is 0 Å². The number of rotatable bonds is 8. The zero-order valence-corrected chi connectivity index (χ0v) is 19.8. The molecule has 2 aliphatic rings. The zero-order chi connectivity index (χ0) is 23.4. The number of nitrogens with zero attached hydrogens (tertiary/aromatic N) is 2. The number of aromatic nitrogens is 1. The van der Waals surface area contributed by atoms with Crippen LogP contribution >= 0.6 is 11.8 Å². The molecule has 2 heterocycles. The van der Waals surface area contributed by atoms with Crippen molar-refractivity contribution in [1.82, 2.24) is 9.88 Å². The summed E-state index contributed by atoms with van der Waals surface area (Å²) < 4.78 is 0. The third kappa shape index (κ3) is 5.36. The van der Waals surface area contributed by atoms with E-state index in [1.165, 1.54) is 4.90 Å². The summed E-state index contributed by atoms with van der Waals surface area (Å²) in [5.74, 6) is -0.426. The number of thioether (sulfide) groups is 1. The molecule has 3 amide bonds. The monoisotopic (exact) mass is 463 g/mol. The van der Waals surface area contributed by atoms with Gasteiger partial charge in [-0.25, -0.2) is 0 Å². The minimum atomic E-state index is -0.796. The Hall–Kier alpha value is -2.93. The Kier molecular flexibility index (Phi) is 7.28. The summed E-state index contributed by atoms with van der Waals surface area (Å²) in [6.07, 6.45) is 9.10. The quantitative estimate of drug-likeness (QED) is 0.349. The van der Waals surface area contributed by atoms with Crippen LogP contribution < -0.4 is 5.32 Å². The number of hydrogen-bond acceptors (Lipinski definition) is 5. The van der Waals surface area contributed by atoms with Crippen LogP contribution in [-0.2, 0) is 20.1 Å². The predicted molar refractivity (Wildman–Crippen MR) is 129 cm³/mol. The molecule has 0 bridgehead atoms. The van der Waals surface area contributed by atoms with Crippen molar-refractivity contribution in [3.05, 3.63) is 66.5 Å². The first-order chi connectivity index (χ1) is 15.9. The van der Waals surface area contributed by atoms with Gasteiger partial charge in [-0.2, -0.15) is 0 Å². The van der Waals surface area contributed by atoms with Crippen LogP contribution in [-0.4, -0.2) is 33.6 Å². The van der Waals surface area contributed by atoms with Crippen molar-refractivity contribution in [3.63, 3.8) is 0 Å². The molecular weight excluding hydrogens is 434 g/mol. The van der Waals surface area contributed by atoms with Gasteiger partial charge in [0.25, 0.3) is 0 Å². The Morgan fingerprint density at radius 2 is 1.76 bits per heavy atom. The van der Waals surface area contributed by atoms with Crippen LogP contribution in [0.5, 0.6) is 0 Å². The van der Waals surface area contributed by atoms with Crippen molar-refractivity contribution in [2.75, 3.05) is 5.32 Å². The van der Waals surface area contributed by atoms with Crippen molar-refractivity contribution in [3.8, 4) is 0 Å². The van der Waals surface area contributed by atoms with Gasteiger partial charge in [-0.05, 0) is 61.1 Å². The number of nitrogens with one attached hydrogen (secondary N) is 1. The first-order valence-electron chi connectivity index (χ1n) is 11.4. The lowest BCUT2D eigenvalue weighted by atomic mass is 9.85. The number of allylic oxidation sites excluding steroid dienone is 2. The highest BCUT2D eigenvalue weighted by Gasteiger charge is 2.51. The second-order valence-corrected chi connectivity index (χ2v) is 10.1. The summed E-state index contributed by atoms with van der Waals surface area (Å²) in [7, 11) is 0. The zero-order valence-electron chi connectivity index (χ0n) is 18.9. The van der Waals surface area contributed by atoms with Crippen molar-refractivity contribution in [2.45, 2.75) is 49.8 Å². The lowest BCUT2D eigenvalue weighted by molar-refractivity contribution is -0.147. The topological polar surface area (TPSA) is 79.4 Å². The third-order valence-electron chi connectivity index (χ3n) is 6.10. The van der Waals surface area contributed by atoms with Gasteiger partial charge in [0.2, 0.25) is 17.7 Å². The lowest BCUT2D eigenvalue weighted by Crippen LogP contribution is -2.48. The number of pyridine rings is 1. The molecule has 1 aliphatic heterocycles. The minimum Gasteiger partial charge on any atom is -0.324 e. The maximum atomic E-state index is 13.2. The Bertz CT molecular complexity index is 1010. The highest BCUT2D eigenvalue weighted by Crippen LogP contribution is 2.37. The van der Waals surface area contributed by atoms with Crippen LogP contribution in [0.15, 0.2) is 65.8 Å². The molecule has 0 spiro atoms. The molecule has 0 saturated carbocycles. The fourth-order valence-corrected chi connectivity index (χ4v) is 5.25. The molecule has 1 aromatic carbocycles. The second kappa shape index (κ2) is 10.3. The van der Waals surface area contributed by atoms with E-state index in [2.05, 4.69) is 10.3 Å². The van der Waals surface area contributed by atoms with Gasteiger partial charge in [0.1, 0.15) is 6.04 Å². The number of anilines is 1. The van der Waals surface area contributed by atoms with Gasteiger partial charge in [-0.1, -0.05) is 32.1 Å². The van der Waals surface area contributed by atoms with E-state index in [1.807, 2.05) is 68.6 Å². The number of carbonyl (C=O) groups excluding carboxylic acids is 3. The summed E-state index contributed by atoms with van der Waals surface area (Å²) >= 11 is 1.69. The number of benzene rings is 1. The van der Waals surface area contributed by atoms with Crippen molar-refractivity contribution in [1.29, 1.82) is 0 Å². The smallest absolute Gasteiger partial charge is 0.247 e. The highest BCUT2D eigenvalue weighted by atomic mass is 32.2. The fraction of sp³-hybridized carbons (Fsp3) is 0.385. The summed E-state index contributed by atoms with van der Waals surface area (Å²) in [6.45, 7) is 3.99. The van der Waals surface area contributed by atoms with Gasteiger partial charge in [0.05, 0.1) is 11.8 Å². The molecule has 172 valence electrons. The number of carbonyl (C=O) groups is 3. The molecule has 33 heavy (non-hydrogen) atoms. The van der Waals surface area contributed by atoms with E-state index in [1.54, 1.807) is 18.0 Å². The molecule has 1 aromatic heterocycles. The van der Waals surface area contributed by atoms with Gasteiger partial charge < -0.3 is 5.32 Å². The van der Waals surface area contributed by atoms with Crippen LogP contribution in [0.2, 0.25) is 0 Å². The molecule has 0 radical (unpaired) electrons. The van der Waals surface area contributed by atoms with E-state index in [4.69, 9.17) is 0 Å². The van der Waals surface area contributed by atoms with Gasteiger partial charge >= 0.3 is 0 Å². The molecule has 1 saturated heterocycles. The molecule has 3 atom stereocenters. The summed E-state index contributed by atoms with van der Waals surface area (Å²) in [5, 5.41) is 2.93.